The molecular weight excluding hydrogens is 437 g/mol. The third kappa shape index (κ3) is 5.82. The maximum atomic E-state index is 4.42. The molecule has 0 amide bonds. The molecule has 2 atom stereocenters. The van der Waals surface area contributed by atoms with Gasteiger partial charge in [-0.05, 0) is 57.9 Å². The van der Waals surface area contributed by atoms with Crippen molar-refractivity contribution in [2.24, 2.45) is 4.99 Å². The second-order valence-corrected chi connectivity index (χ2v) is 7.28. The highest BCUT2D eigenvalue weighted by Gasteiger charge is 2.24. The van der Waals surface area contributed by atoms with Gasteiger partial charge in [-0.15, -0.1) is 24.0 Å². The van der Waals surface area contributed by atoms with Gasteiger partial charge in [-0.25, -0.2) is 0 Å². The maximum Gasteiger partial charge on any atom is 0.191 e. The van der Waals surface area contributed by atoms with Crippen LogP contribution in [0, 0.1) is 0 Å². The molecule has 0 aliphatic carbocycles. The number of likely N-dealkylation sites (tertiary alicyclic amines) is 2. The van der Waals surface area contributed by atoms with Crippen LogP contribution in [0.15, 0.2) is 35.3 Å². The summed E-state index contributed by atoms with van der Waals surface area (Å²) in [6.07, 6.45) is 5.20. The average molecular weight is 471 g/mol. The van der Waals surface area contributed by atoms with Gasteiger partial charge in [0.05, 0.1) is 6.04 Å². The summed E-state index contributed by atoms with van der Waals surface area (Å²) in [5.41, 5.74) is 1.39. The molecule has 2 fully saturated rings. The molecule has 0 radical (unpaired) electrons. The lowest BCUT2D eigenvalue weighted by Gasteiger charge is -2.29. The molecule has 1 aromatic carbocycles. The van der Waals surface area contributed by atoms with Gasteiger partial charge < -0.3 is 15.5 Å². The van der Waals surface area contributed by atoms with E-state index in [2.05, 4.69) is 62.8 Å². The smallest absolute Gasteiger partial charge is 0.191 e. The average Bonchev–Trinajstić information content (AvgIpc) is 3.31. The summed E-state index contributed by atoms with van der Waals surface area (Å²) >= 11 is 0. The van der Waals surface area contributed by atoms with Gasteiger partial charge in [-0.1, -0.05) is 30.3 Å². The Morgan fingerprint density at radius 1 is 1.12 bits per heavy atom. The number of hydrogen-bond acceptors (Lipinski definition) is 3. The minimum atomic E-state index is 0. The van der Waals surface area contributed by atoms with Crippen LogP contribution in [-0.2, 0) is 0 Å². The molecule has 2 aliphatic heterocycles. The molecule has 0 bridgehead atoms. The van der Waals surface area contributed by atoms with Gasteiger partial charge >= 0.3 is 0 Å². The molecule has 6 heteroatoms. The maximum absolute atomic E-state index is 4.42. The number of nitrogens with zero attached hydrogens (tertiary/aromatic N) is 3. The van der Waals surface area contributed by atoms with E-state index in [-0.39, 0.29) is 24.0 Å². The van der Waals surface area contributed by atoms with E-state index in [0.717, 1.165) is 19.0 Å². The van der Waals surface area contributed by atoms with Gasteiger partial charge in [0.25, 0.3) is 0 Å². The molecule has 2 aliphatic rings. The number of rotatable bonds is 6. The third-order valence-electron chi connectivity index (χ3n) is 5.63. The van der Waals surface area contributed by atoms with Crippen LogP contribution in [0.25, 0.3) is 0 Å². The molecule has 26 heavy (non-hydrogen) atoms. The Balaban J connectivity index is 0.00000243. The summed E-state index contributed by atoms with van der Waals surface area (Å²) in [6, 6.07) is 11.9. The molecule has 0 spiro atoms. The fraction of sp³-hybridized carbons (Fsp3) is 0.650. The zero-order chi connectivity index (χ0) is 17.5. The Kier molecular flexibility index (Phi) is 9.15. The van der Waals surface area contributed by atoms with E-state index < -0.39 is 0 Å². The lowest BCUT2D eigenvalue weighted by atomic mass is 10.1. The molecule has 0 saturated carbocycles. The van der Waals surface area contributed by atoms with E-state index in [1.54, 1.807) is 0 Å². The summed E-state index contributed by atoms with van der Waals surface area (Å²) in [7, 11) is 4.08. The van der Waals surface area contributed by atoms with E-state index in [0.29, 0.717) is 12.1 Å². The largest absolute Gasteiger partial charge is 0.355 e. The van der Waals surface area contributed by atoms with E-state index >= 15 is 0 Å². The number of likely N-dealkylation sites (N-methyl/N-ethyl adjacent to an activating group) is 1. The number of benzene rings is 1. The van der Waals surface area contributed by atoms with Crippen LogP contribution in [0.3, 0.4) is 0 Å². The van der Waals surface area contributed by atoms with E-state index in [4.69, 9.17) is 0 Å². The normalized spacial score (nSPS) is 22.8. The molecule has 3 rings (SSSR count). The number of hydrogen-bond donors (Lipinski definition) is 2. The topological polar surface area (TPSA) is 42.9 Å². The minimum absolute atomic E-state index is 0. The van der Waals surface area contributed by atoms with Crippen molar-refractivity contribution in [2.75, 3.05) is 46.8 Å². The van der Waals surface area contributed by atoms with Gasteiger partial charge in [0.1, 0.15) is 0 Å². The highest BCUT2D eigenvalue weighted by molar-refractivity contribution is 14.0. The van der Waals surface area contributed by atoms with Crippen molar-refractivity contribution >= 4 is 29.9 Å². The van der Waals surface area contributed by atoms with Crippen molar-refractivity contribution in [3.63, 3.8) is 0 Å². The fourth-order valence-electron chi connectivity index (χ4n) is 4.05. The highest BCUT2D eigenvalue weighted by atomic mass is 127. The number of aliphatic imine (C=N–C) groups is 1. The Morgan fingerprint density at radius 3 is 2.46 bits per heavy atom. The minimum Gasteiger partial charge on any atom is -0.355 e. The van der Waals surface area contributed by atoms with Crippen molar-refractivity contribution in [1.29, 1.82) is 0 Å². The summed E-state index contributed by atoms with van der Waals surface area (Å²) in [5, 5.41) is 7.08. The third-order valence-corrected chi connectivity index (χ3v) is 5.63. The number of halogens is 1. The number of nitrogens with one attached hydrogen (secondary N) is 2. The lowest BCUT2D eigenvalue weighted by Crippen LogP contribution is -2.46. The Labute approximate surface area is 175 Å². The molecule has 2 heterocycles. The first-order valence-corrected chi connectivity index (χ1v) is 9.71. The predicted octanol–water partition coefficient (Wildman–Crippen LogP) is 2.70. The van der Waals surface area contributed by atoms with Crippen LogP contribution >= 0.6 is 24.0 Å². The molecular formula is C20H34IN5. The van der Waals surface area contributed by atoms with E-state index in [1.807, 2.05) is 7.05 Å². The van der Waals surface area contributed by atoms with Crippen LogP contribution in [0.1, 0.15) is 37.3 Å². The molecule has 1 aromatic rings. The van der Waals surface area contributed by atoms with Crippen LogP contribution < -0.4 is 10.6 Å². The predicted molar refractivity (Wildman–Crippen MR) is 120 cm³/mol. The zero-order valence-corrected chi connectivity index (χ0v) is 18.5. The van der Waals surface area contributed by atoms with Gasteiger partial charge in [-0.3, -0.25) is 9.89 Å². The molecule has 2 N–H and O–H groups in total. The van der Waals surface area contributed by atoms with Crippen LogP contribution in [0.2, 0.25) is 0 Å². The molecule has 5 nitrogen and oxygen atoms in total. The Hall–Kier alpha value is -0.860. The summed E-state index contributed by atoms with van der Waals surface area (Å²) in [6.45, 7) is 5.46. The van der Waals surface area contributed by atoms with Crippen LogP contribution in [-0.4, -0.2) is 68.6 Å². The van der Waals surface area contributed by atoms with Gasteiger partial charge in [0, 0.05) is 26.2 Å². The van der Waals surface area contributed by atoms with E-state index in [9.17, 15) is 0 Å². The molecule has 2 saturated heterocycles. The number of guanidine groups is 1. The van der Waals surface area contributed by atoms with E-state index in [1.165, 1.54) is 50.9 Å². The molecule has 146 valence electrons. The van der Waals surface area contributed by atoms with Crippen molar-refractivity contribution < 1.29 is 0 Å². The molecule has 2 unspecified atom stereocenters. The van der Waals surface area contributed by atoms with Crippen molar-refractivity contribution in [3.8, 4) is 0 Å². The van der Waals surface area contributed by atoms with Crippen LogP contribution in [0.5, 0.6) is 0 Å². The summed E-state index contributed by atoms with van der Waals surface area (Å²) < 4.78 is 0. The van der Waals surface area contributed by atoms with Gasteiger partial charge in [0.15, 0.2) is 5.96 Å². The Morgan fingerprint density at radius 2 is 1.85 bits per heavy atom. The van der Waals surface area contributed by atoms with Gasteiger partial charge in [-0.2, -0.15) is 0 Å². The van der Waals surface area contributed by atoms with Crippen molar-refractivity contribution in [3.05, 3.63) is 35.9 Å². The monoisotopic (exact) mass is 471 g/mol. The summed E-state index contributed by atoms with van der Waals surface area (Å²) in [4.78, 5) is 9.46. The lowest BCUT2D eigenvalue weighted by molar-refractivity contribution is 0.245. The quantitative estimate of drug-likeness (QED) is 0.381. The van der Waals surface area contributed by atoms with Crippen molar-refractivity contribution in [2.45, 2.75) is 37.8 Å². The first-order valence-electron chi connectivity index (χ1n) is 9.71. The fourth-order valence-corrected chi connectivity index (χ4v) is 4.05. The highest BCUT2D eigenvalue weighted by Crippen LogP contribution is 2.24. The zero-order valence-electron chi connectivity index (χ0n) is 16.2. The standard InChI is InChI=1S/C20H33N5.HI/c1-21-20(22-15-18-11-8-12-24(18)2)23-16-19(25-13-6-7-14-25)17-9-4-3-5-10-17;/h3-5,9-10,18-19H,6-8,11-16H2,1-2H3,(H2,21,22,23);1H. The molecule has 0 aromatic heterocycles. The SMILES string of the molecule is CN=C(NCC1CCCN1C)NCC(c1ccccc1)N1CCCC1.I. The van der Waals surface area contributed by atoms with Gasteiger partial charge in [0.2, 0.25) is 0 Å². The summed E-state index contributed by atoms with van der Waals surface area (Å²) in [5.74, 6) is 0.917. The first kappa shape index (κ1) is 21.4. The van der Waals surface area contributed by atoms with Crippen LogP contribution in [0.4, 0.5) is 0 Å². The second-order valence-electron chi connectivity index (χ2n) is 7.28. The Bertz CT molecular complexity index is 544. The first-order chi connectivity index (χ1) is 12.3. The second kappa shape index (κ2) is 11.1. The van der Waals surface area contributed by atoms with Crippen molar-refractivity contribution in [1.82, 2.24) is 20.4 Å².